The summed E-state index contributed by atoms with van der Waals surface area (Å²) in [5, 5.41) is 23.5. The van der Waals surface area contributed by atoms with Crippen molar-refractivity contribution >= 4 is 61.5 Å². The fraction of sp³-hybridized carbons (Fsp3) is 0.0870. The number of hydrogen-bond donors (Lipinski definition) is 2. The monoisotopic (exact) mass is 942 g/mol. The molecule has 4 aliphatic heterocycles. The summed E-state index contributed by atoms with van der Waals surface area (Å²) in [6.45, 7) is 2.97. The Kier molecular flexibility index (Phi) is 12.8. The SMILES string of the molecule is N#Cc1c(F)cccc1Oc1ccc2c(c1)C1=NCCN1C=N2.N#Cc1c(NS(=O)(=O)c2ccccc2F)cccc1Oc1ccc2c(c1)C1=NCCN1C=N2.NS(=O)(=O)c1ccccc1F. The van der Waals surface area contributed by atoms with Gasteiger partial charge in [-0.15, -0.1) is 0 Å². The van der Waals surface area contributed by atoms with Gasteiger partial charge < -0.3 is 19.3 Å². The van der Waals surface area contributed by atoms with Crippen LogP contribution in [-0.4, -0.2) is 77.2 Å². The van der Waals surface area contributed by atoms with Crippen LogP contribution in [0.4, 0.5) is 30.2 Å². The van der Waals surface area contributed by atoms with Crippen molar-refractivity contribution in [2.75, 3.05) is 30.9 Å². The summed E-state index contributed by atoms with van der Waals surface area (Å²) in [5.41, 5.74) is 3.09. The molecule has 0 atom stereocenters. The van der Waals surface area contributed by atoms with Crippen molar-refractivity contribution in [3.05, 3.63) is 161 Å². The van der Waals surface area contributed by atoms with Gasteiger partial charge in [0.25, 0.3) is 10.0 Å². The zero-order chi connectivity index (χ0) is 47.3. The first-order valence-electron chi connectivity index (χ1n) is 19.9. The second-order valence-corrected chi connectivity index (χ2v) is 17.6. The molecule has 3 N–H and O–H groups in total. The zero-order valence-corrected chi connectivity index (χ0v) is 36.2. The number of benzene rings is 6. The molecule has 6 aromatic carbocycles. The van der Waals surface area contributed by atoms with Gasteiger partial charge in [0.1, 0.15) is 85.2 Å². The quantitative estimate of drug-likeness (QED) is 0.151. The molecule has 0 fully saturated rings. The first-order valence-corrected chi connectivity index (χ1v) is 22.9. The molecule has 21 heteroatoms. The molecule has 6 aromatic rings. The third kappa shape index (κ3) is 9.84. The van der Waals surface area contributed by atoms with Crippen molar-refractivity contribution in [2.45, 2.75) is 9.79 Å². The number of primary sulfonamides is 1. The van der Waals surface area contributed by atoms with Crippen LogP contribution in [0.25, 0.3) is 0 Å². The minimum absolute atomic E-state index is 0.0212. The smallest absolute Gasteiger partial charge is 0.264 e. The van der Waals surface area contributed by atoms with Gasteiger partial charge in [0.15, 0.2) is 0 Å². The van der Waals surface area contributed by atoms with E-state index in [0.717, 1.165) is 78.1 Å². The number of aliphatic imine (C=N–C) groups is 4. The van der Waals surface area contributed by atoms with E-state index in [4.69, 9.17) is 14.7 Å². The number of hydrogen-bond acceptors (Lipinski definition) is 14. The lowest BCUT2D eigenvalue weighted by atomic mass is 10.1. The van der Waals surface area contributed by atoms with Gasteiger partial charge in [-0.05, 0) is 84.9 Å². The van der Waals surface area contributed by atoms with E-state index in [1.54, 1.807) is 55.1 Å². The molecule has 336 valence electrons. The molecule has 0 saturated heterocycles. The topological polar surface area (TPSA) is 228 Å². The largest absolute Gasteiger partial charge is 0.456 e. The molecule has 0 unspecified atom stereocenters. The van der Waals surface area contributed by atoms with E-state index in [1.807, 2.05) is 34.1 Å². The molecule has 4 heterocycles. The van der Waals surface area contributed by atoms with Gasteiger partial charge in [0.05, 0.1) is 42.8 Å². The Labute approximate surface area is 381 Å². The summed E-state index contributed by atoms with van der Waals surface area (Å²) >= 11 is 0. The van der Waals surface area contributed by atoms with Crippen LogP contribution < -0.4 is 19.3 Å². The van der Waals surface area contributed by atoms with Crippen molar-refractivity contribution in [3.63, 3.8) is 0 Å². The maximum atomic E-state index is 14.0. The van der Waals surface area contributed by atoms with Gasteiger partial charge >= 0.3 is 0 Å². The van der Waals surface area contributed by atoms with Crippen molar-refractivity contribution in [3.8, 4) is 35.1 Å². The van der Waals surface area contributed by atoms with Crippen LogP contribution >= 0.6 is 0 Å². The normalized spacial score (nSPS) is 13.9. The molecule has 0 bridgehead atoms. The Morgan fingerprint density at radius 3 is 1.57 bits per heavy atom. The number of nitrogens with zero attached hydrogens (tertiary/aromatic N) is 8. The van der Waals surface area contributed by atoms with Gasteiger partial charge in [-0.3, -0.25) is 14.7 Å². The number of nitriles is 2. The predicted molar refractivity (Wildman–Crippen MR) is 243 cm³/mol. The summed E-state index contributed by atoms with van der Waals surface area (Å²) in [5.74, 6) is 0.638. The molecule has 4 aliphatic rings. The number of fused-ring (bicyclic) bond motifs is 6. The zero-order valence-electron chi connectivity index (χ0n) is 34.6. The Morgan fingerprint density at radius 2 is 1.07 bits per heavy atom. The molecule has 16 nitrogen and oxygen atoms in total. The Balaban J connectivity index is 0.000000154. The highest BCUT2D eigenvalue weighted by molar-refractivity contribution is 7.92. The molecule has 0 radical (unpaired) electrons. The highest BCUT2D eigenvalue weighted by Gasteiger charge is 2.26. The van der Waals surface area contributed by atoms with E-state index in [1.165, 1.54) is 42.5 Å². The summed E-state index contributed by atoms with van der Waals surface area (Å²) in [6.07, 6.45) is 3.52. The highest BCUT2D eigenvalue weighted by Crippen LogP contribution is 2.36. The summed E-state index contributed by atoms with van der Waals surface area (Å²) in [7, 11) is -8.17. The Bertz CT molecular complexity index is 3390. The maximum absolute atomic E-state index is 14.0. The van der Waals surface area contributed by atoms with E-state index in [2.05, 4.69) is 29.8 Å². The third-order valence-corrected chi connectivity index (χ3v) is 12.4. The number of sulfonamides is 2. The number of anilines is 1. The van der Waals surface area contributed by atoms with Crippen LogP contribution in [0, 0.1) is 40.1 Å². The molecule has 0 saturated carbocycles. The lowest BCUT2D eigenvalue weighted by Crippen LogP contribution is -2.29. The first-order chi connectivity index (χ1) is 32.2. The first kappa shape index (κ1) is 45.2. The van der Waals surface area contributed by atoms with E-state index >= 15 is 0 Å². The third-order valence-electron chi connectivity index (χ3n) is 10.0. The van der Waals surface area contributed by atoms with Gasteiger partial charge in [0.2, 0.25) is 10.0 Å². The second-order valence-electron chi connectivity index (χ2n) is 14.4. The van der Waals surface area contributed by atoms with E-state index in [9.17, 15) is 35.3 Å². The summed E-state index contributed by atoms with van der Waals surface area (Å²) < 4.78 is 101. The summed E-state index contributed by atoms with van der Waals surface area (Å²) in [4.78, 5) is 20.7. The number of amidine groups is 2. The van der Waals surface area contributed by atoms with Crippen molar-refractivity contribution < 1.29 is 39.5 Å². The standard InChI is InChI=1S/C23H16FN5O3S.C17H11FN4O.C6H6FNO2S/c24-18-4-1-2-7-22(18)33(30,31)28-20-5-3-6-21(17(20)13-25)32-15-8-9-19-16(12-15)23-26-10-11-29(23)14-27-19;18-14-2-1-3-16(13(14)9-19)23-11-4-5-15-12(8-11)17-20-6-7-22(17)10-21-15;7-5-3-1-2-4-6(5)11(8,9)10/h1-9,12,14,28H,10-11H2;1-5,8,10H,6-7H2;1-4H,(H2,8,9,10). The fourth-order valence-electron chi connectivity index (χ4n) is 6.94. The maximum Gasteiger partial charge on any atom is 0.264 e. The summed E-state index contributed by atoms with van der Waals surface area (Å²) in [6, 6.07) is 33.2. The lowest BCUT2D eigenvalue weighted by molar-refractivity contribution is 0.474. The Hall–Kier alpha value is -8.37. The number of halogens is 3. The van der Waals surface area contributed by atoms with Gasteiger partial charge in [0, 0.05) is 24.2 Å². The average Bonchev–Trinajstić information content (AvgIpc) is 4.01. The molecule has 0 aromatic heterocycles. The second kappa shape index (κ2) is 19.0. The Morgan fingerprint density at radius 1 is 0.597 bits per heavy atom. The fourth-order valence-corrected chi connectivity index (χ4v) is 8.70. The molecule has 0 aliphatic carbocycles. The lowest BCUT2D eigenvalue weighted by Gasteiger charge is -2.21. The highest BCUT2D eigenvalue weighted by atomic mass is 32.2. The molecule has 0 amide bonds. The van der Waals surface area contributed by atoms with Crippen molar-refractivity contribution in [2.24, 2.45) is 25.1 Å². The van der Waals surface area contributed by atoms with E-state index in [0.29, 0.717) is 18.0 Å². The van der Waals surface area contributed by atoms with Crippen LogP contribution in [0.2, 0.25) is 0 Å². The molecule has 0 spiro atoms. The number of rotatable bonds is 8. The van der Waals surface area contributed by atoms with Crippen LogP contribution in [0.15, 0.2) is 151 Å². The molecule has 10 rings (SSSR count). The van der Waals surface area contributed by atoms with Crippen LogP contribution in [0.1, 0.15) is 22.3 Å². The molecular weight excluding hydrogens is 910 g/mol. The average molecular weight is 943 g/mol. The minimum Gasteiger partial charge on any atom is -0.456 e. The van der Waals surface area contributed by atoms with Crippen molar-refractivity contribution in [1.29, 1.82) is 10.5 Å². The minimum atomic E-state index is -4.26. The van der Waals surface area contributed by atoms with Gasteiger partial charge in [-0.1, -0.05) is 36.4 Å². The van der Waals surface area contributed by atoms with E-state index in [-0.39, 0.29) is 28.3 Å². The van der Waals surface area contributed by atoms with Crippen molar-refractivity contribution in [1.82, 2.24) is 9.80 Å². The van der Waals surface area contributed by atoms with E-state index < -0.39 is 47.3 Å². The predicted octanol–water partition coefficient (Wildman–Crippen LogP) is 7.72. The molecule has 67 heavy (non-hydrogen) atoms. The van der Waals surface area contributed by atoms with Gasteiger partial charge in [-0.25, -0.2) is 45.1 Å². The van der Waals surface area contributed by atoms with Crippen LogP contribution in [0.3, 0.4) is 0 Å². The number of nitrogens with one attached hydrogen (secondary N) is 1. The number of nitrogens with two attached hydrogens (primary N) is 1. The van der Waals surface area contributed by atoms with Gasteiger partial charge in [-0.2, -0.15) is 10.5 Å². The van der Waals surface area contributed by atoms with Crippen LogP contribution in [-0.2, 0) is 20.0 Å². The number of ether oxygens (including phenoxy) is 2. The van der Waals surface area contributed by atoms with Crippen LogP contribution in [0.5, 0.6) is 23.0 Å². The molecular formula is C46H33F3N10O6S2.